The number of anilines is 1. The Balaban J connectivity index is 1.20. The molecule has 4 aromatic rings. The molecule has 47 heavy (non-hydrogen) atoms. The number of nitrogen functional groups attached to an aromatic ring is 1. The van der Waals surface area contributed by atoms with E-state index in [4.69, 9.17) is 69.0 Å². The molecular weight excluding hydrogens is 702 g/mol. The summed E-state index contributed by atoms with van der Waals surface area (Å²) in [6.07, 6.45) is -5.33. The van der Waals surface area contributed by atoms with Crippen LogP contribution in [-0.4, -0.2) is 98.0 Å². The van der Waals surface area contributed by atoms with Crippen molar-refractivity contribution in [1.29, 1.82) is 0 Å². The monoisotopic (exact) mass is 729 g/mol. The first-order valence-electron chi connectivity index (χ1n) is 14.1. The predicted octanol–water partition coefficient (Wildman–Crippen LogP) is 3.27. The SMILES string of the molecule is [B]P1(=O)OC[C@H]2O[C@@H](n3cnc4c(N)ncnc43)C(F)[C@H]2OP(O)(=S)OC[C@@]2(C)O[C@@H](n3cnc4cc(Cl)c(C)cc43)[C@@H](OC)C2O1. The highest BCUT2D eigenvalue weighted by molar-refractivity contribution is 8.07. The number of nitrogens with zero attached hydrogens (tertiary/aromatic N) is 6. The van der Waals surface area contributed by atoms with Crippen molar-refractivity contribution in [2.24, 2.45) is 0 Å². The second-order valence-corrected chi connectivity index (χ2v) is 16.3. The topological polar surface area (TPSA) is 189 Å². The number of nitrogens with two attached hydrogens (primary N) is 1. The van der Waals surface area contributed by atoms with Crippen molar-refractivity contribution >= 4 is 73.2 Å². The van der Waals surface area contributed by atoms with Crippen LogP contribution in [0.25, 0.3) is 22.2 Å². The summed E-state index contributed by atoms with van der Waals surface area (Å²) in [5.41, 5.74) is 6.80. The van der Waals surface area contributed by atoms with Crippen LogP contribution in [0.4, 0.5) is 10.2 Å². The number of aromatic nitrogens is 6. The van der Waals surface area contributed by atoms with Crippen LogP contribution in [0.3, 0.4) is 0 Å². The van der Waals surface area contributed by atoms with E-state index in [1.165, 1.54) is 30.7 Å². The average Bonchev–Trinajstić information content (AvgIpc) is 3.75. The molecule has 4 unspecified atom stereocenters. The number of fused-ring (bicyclic) bond motifs is 4. The molecule has 3 aliphatic rings. The standard InChI is InChI=1S/C25H28BClFN7O9P2S/c1-11-4-14-13(5-12(11)27)32-9-34(14)24-19(38-3)20-25(2,42-24)7-40-46(37,47)43-18-15(6-39-45(26,36)44-20)41-23(16(18)28)35-10-33-17-21(29)30-8-31-22(17)35/h4-5,8-10,15-16,18-20,23-24H,6-7H2,1-3H3,(H,37,47)(H2,29,30,31)/t15-,16?,18+,19+,20?,23-,24-,25-,45?,46?/m1/s1. The van der Waals surface area contributed by atoms with Gasteiger partial charge < -0.3 is 43.0 Å². The highest BCUT2D eigenvalue weighted by Gasteiger charge is 2.58. The van der Waals surface area contributed by atoms with Crippen LogP contribution in [0.5, 0.6) is 0 Å². The maximum absolute atomic E-state index is 16.1. The largest absolute Gasteiger partial charge is 0.382 e. The van der Waals surface area contributed by atoms with Crippen molar-refractivity contribution in [1.82, 2.24) is 29.1 Å². The van der Waals surface area contributed by atoms with Crippen LogP contribution < -0.4 is 5.73 Å². The van der Waals surface area contributed by atoms with Crippen LogP contribution in [0.1, 0.15) is 24.9 Å². The average molecular weight is 730 g/mol. The van der Waals surface area contributed by atoms with Crippen LogP contribution in [0.15, 0.2) is 31.1 Å². The Hall–Kier alpha value is -2.12. The lowest BCUT2D eigenvalue weighted by molar-refractivity contribution is -0.113. The summed E-state index contributed by atoms with van der Waals surface area (Å²) in [7, 11) is 3.06. The molecule has 10 atom stereocenters. The molecule has 250 valence electrons. The van der Waals surface area contributed by atoms with Gasteiger partial charge >= 0.3 is 6.72 Å². The van der Waals surface area contributed by atoms with Gasteiger partial charge in [-0.1, -0.05) is 11.6 Å². The molecule has 3 aromatic heterocycles. The number of rotatable bonds is 3. The van der Waals surface area contributed by atoms with E-state index in [1.807, 2.05) is 13.0 Å². The highest BCUT2D eigenvalue weighted by atomic mass is 35.5. The zero-order valence-electron chi connectivity index (χ0n) is 25.0. The maximum atomic E-state index is 16.1. The number of hydrogen-bond acceptors (Lipinski definition) is 14. The third-order valence-electron chi connectivity index (χ3n) is 8.35. The molecule has 3 N–H and O–H groups in total. The lowest BCUT2D eigenvalue weighted by Gasteiger charge is -2.35. The van der Waals surface area contributed by atoms with E-state index < -0.39 is 76.1 Å². The van der Waals surface area contributed by atoms with Crippen molar-refractivity contribution in [2.75, 3.05) is 26.1 Å². The van der Waals surface area contributed by atoms with Crippen LogP contribution in [-0.2, 0) is 48.7 Å². The summed E-state index contributed by atoms with van der Waals surface area (Å²) in [5.74, 6) is 0.0762. The Bertz CT molecular complexity index is 1960. The van der Waals surface area contributed by atoms with Gasteiger partial charge in [0, 0.05) is 12.1 Å². The Labute approximate surface area is 278 Å². The predicted molar refractivity (Wildman–Crippen MR) is 169 cm³/mol. The first-order chi connectivity index (χ1) is 22.2. The quantitative estimate of drug-likeness (QED) is 0.231. The van der Waals surface area contributed by atoms with Gasteiger partial charge in [-0.2, -0.15) is 0 Å². The van der Waals surface area contributed by atoms with E-state index in [-0.39, 0.29) is 17.0 Å². The van der Waals surface area contributed by atoms with E-state index in [0.717, 1.165) is 5.56 Å². The van der Waals surface area contributed by atoms with Crippen LogP contribution >= 0.6 is 25.8 Å². The van der Waals surface area contributed by atoms with Gasteiger partial charge in [-0.3, -0.25) is 13.7 Å². The fourth-order valence-corrected chi connectivity index (χ4v) is 8.73. The van der Waals surface area contributed by atoms with E-state index in [1.54, 1.807) is 17.6 Å². The summed E-state index contributed by atoms with van der Waals surface area (Å²) in [5, 5.41) is 0.533. The van der Waals surface area contributed by atoms with Gasteiger partial charge in [0.2, 0.25) is 7.57 Å². The van der Waals surface area contributed by atoms with E-state index in [0.29, 0.717) is 16.1 Å². The summed E-state index contributed by atoms with van der Waals surface area (Å²) >= 11 is 11.6. The van der Waals surface area contributed by atoms with E-state index >= 15 is 4.39 Å². The molecule has 3 saturated heterocycles. The number of imidazole rings is 2. The smallest absolute Gasteiger partial charge is 0.325 e. The minimum atomic E-state index is -4.45. The van der Waals surface area contributed by atoms with Crippen LogP contribution in [0.2, 0.25) is 5.02 Å². The molecule has 0 spiro atoms. The molecule has 3 aliphatic heterocycles. The lowest BCUT2D eigenvalue weighted by Crippen LogP contribution is -2.46. The second-order valence-electron chi connectivity index (χ2n) is 11.5. The zero-order chi connectivity index (χ0) is 33.5. The van der Waals surface area contributed by atoms with Gasteiger partial charge in [0.15, 0.2) is 30.1 Å². The number of ether oxygens (including phenoxy) is 3. The number of benzene rings is 1. The Kier molecular flexibility index (Phi) is 8.55. The van der Waals surface area contributed by atoms with Gasteiger partial charge in [-0.25, -0.2) is 24.3 Å². The molecular formula is C25H28BClFN7O9P2S. The van der Waals surface area contributed by atoms with Crippen molar-refractivity contribution < 1.29 is 46.2 Å². The fourth-order valence-electron chi connectivity index (χ4n) is 6.00. The third-order valence-corrected chi connectivity index (χ3v) is 11.3. The molecule has 0 saturated carbocycles. The minimum Gasteiger partial charge on any atom is -0.382 e. The minimum absolute atomic E-state index is 0.0762. The Morgan fingerprint density at radius 2 is 1.96 bits per heavy atom. The van der Waals surface area contributed by atoms with Crippen LogP contribution in [0, 0.1) is 6.92 Å². The number of alkyl halides is 1. The molecule has 1 aromatic carbocycles. The number of hydrogen-bond donors (Lipinski definition) is 2. The maximum Gasteiger partial charge on any atom is 0.325 e. The molecule has 16 nitrogen and oxygen atoms in total. The first kappa shape index (κ1) is 33.4. The van der Waals surface area contributed by atoms with Crippen molar-refractivity contribution in [2.45, 2.75) is 62.5 Å². The van der Waals surface area contributed by atoms with Gasteiger partial charge in [0.1, 0.15) is 41.9 Å². The zero-order valence-corrected chi connectivity index (χ0v) is 28.3. The number of methoxy groups -OCH3 is 1. The summed E-state index contributed by atoms with van der Waals surface area (Å²) in [4.78, 5) is 27.8. The molecule has 6 heterocycles. The number of halogens is 2. The summed E-state index contributed by atoms with van der Waals surface area (Å²) in [6, 6.07) is 3.55. The van der Waals surface area contributed by atoms with E-state index in [9.17, 15) is 9.46 Å². The van der Waals surface area contributed by atoms with Gasteiger partial charge in [-0.15, -0.1) is 0 Å². The molecule has 0 bridgehead atoms. The van der Waals surface area contributed by atoms with Crippen molar-refractivity contribution in [3.8, 4) is 0 Å². The Morgan fingerprint density at radius 3 is 2.72 bits per heavy atom. The fraction of sp³-hybridized carbons (Fsp3) is 0.520. The molecule has 3 fully saturated rings. The molecule has 0 aliphatic carbocycles. The molecule has 22 heteroatoms. The molecule has 2 radical (unpaired) electrons. The normalized spacial score (nSPS) is 38.2. The number of aryl methyl sites for hydroxylation is 1. The lowest BCUT2D eigenvalue weighted by atomic mass is 9.98. The highest BCUT2D eigenvalue weighted by Crippen LogP contribution is 2.56. The summed E-state index contributed by atoms with van der Waals surface area (Å²) in [6.45, 7) is -1.86. The first-order valence-corrected chi connectivity index (χ1v) is 18.7. The second kappa shape index (κ2) is 12.0. The van der Waals surface area contributed by atoms with Gasteiger partial charge in [-0.05, 0) is 43.4 Å². The van der Waals surface area contributed by atoms with Crippen molar-refractivity contribution in [3.63, 3.8) is 0 Å². The van der Waals surface area contributed by atoms with Crippen molar-refractivity contribution in [3.05, 3.63) is 41.7 Å². The van der Waals surface area contributed by atoms with E-state index in [2.05, 4.69) is 19.9 Å². The summed E-state index contributed by atoms with van der Waals surface area (Å²) < 4.78 is 73.9. The molecule has 0 amide bonds. The van der Waals surface area contributed by atoms with Gasteiger partial charge in [0.25, 0.3) is 7.47 Å². The third kappa shape index (κ3) is 5.94. The van der Waals surface area contributed by atoms with Gasteiger partial charge in [0.05, 0.1) is 36.9 Å². The Morgan fingerprint density at radius 1 is 1.19 bits per heavy atom. The molecule has 7 rings (SSSR count).